The van der Waals surface area contributed by atoms with Gasteiger partial charge >= 0.3 is 0 Å². The number of hydrogen-bond acceptors (Lipinski definition) is 4. The van der Waals surface area contributed by atoms with Crippen molar-refractivity contribution < 1.29 is 13.9 Å². The predicted molar refractivity (Wildman–Crippen MR) is 122 cm³/mol. The first-order chi connectivity index (χ1) is 15.6. The molecule has 3 heterocycles. The Hall–Kier alpha value is -3.87. The molecule has 0 spiro atoms. The number of benzene rings is 2. The monoisotopic (exact) mass is 430 g/mol. The summed E-state index contributed by atoms with van der Waals surface area (Å²) in [4.78, 5) is 21.7. The summed E-state index contributed by atoms with van der Waals surface area (Å²) in [6.45, 7) is 2.74. The molecule has 0 aliphatic carbocycles. The van der Waals surface area contributed by atoms with Crippen LogP contribution in [0, 0.1) is 5.82 Å². The van der Waals surface area contributed by atoms with E-state index in [0.29, 0.717) is 24.4 Å². The third-order valence-corrected chi connectivity index (χ3v) is 5.81. The molecule has 0 saturated carbocycles. The lowest BCUT2D eigenvalue weighted by molar-refractivity contribution is 0.0741. The summed E-state index contributed by atoms with van der Waals surface area (Å²) in [5.74, 6) is 0.465. The Bertz CT molecular complexity index is 1280. The third kappa shape index (κ3) is 3.89. The van der Waals surface area contributed by atoms with Crippen molar-refractivity contribution in [2.24, 2.45) is 0 Å². The molecule has 2 aromatic carbocycles. The minimum absolute atomic E-state index is 0.0775. The van der Waals surface area contributed by atoms with E-state index in [-0.39, 0.29) is 11.7 Å². The highest BCUT2D eigenvalue weighted by Gasteiger charge is 2.24. The highest BCUT2D eigenvalue weighted by Crippen LogP contribution is 2.24. The van der Waals surface area contributed by atoms with Crippen LogP contribution in [0.3, 0.4) is 0 Å². The number of carbonyl (C=O) groups is 1. The Kier molecular flexibility index (Phi) is 5.23. The number of nitrogens with zero attached hydrogens (tertiary/aromatic N) is 4. The van der Waals surface area contributed by atoms with Gasteiger partial charge in [-0.1, -0.05) is 18.2 Å². The average Bonchev–Trinajstić information content (AvgIpc) is 3.27. The maximum absolute atomic E-state index is 13.6. The molecule has 5 rings (SSSR count). The smallest absolute Gasteiger partial charge is 0.274 e. The van der Waals surface area contributed by atoms with Gasteiger partial charge in [0.25, 0.3) is 5.91 Å². The van der Waals surface area contributed by atoms with Gasteiger partial charge in [0.05, 0.1) is 7.11 Å². The molecule has 0 radical (unpaired) electrons. The van der Waals surface area contributed by atoms with Crippen molar-refractivity contribution in [2.45, 2.75) is 0 Å². The number of aromatic nitrogens is 2. The number of rotatable bonds is 4. The number of hydrogen-bond donors (Lipinski definition) is 0. The fraction of sp³-hybridized carbons (Fsp3) is 0.200. The summed E-state index contributed by atoms with van der Waals surface area (Å²) in [6, 6.07) is 18.1. The maximum atomic E-state index is 13.6. The molecule has 0 N–H and O–H groups in total. The van der Waals surface area contributed by atoms with Gasteiger partial charge in [0.15, 0.2) is 0 Å². The van der Waals surface area contributed by atoms with E-state index >= 15 is 0 Å². The molecule has 6 nitrogen and oxygen atoms in total. The predicted octanol–water partition coefficient (Wildman–Crippen LogP) is 4.11. The van der Waals surface area contributed by atoms with Gasteiger partial charge < -0.3 is 18.9 Å². The number of fused-ring (bicyclic) bond motifs is 1. The third-order valence-electron chi connectivity index (χ3n) is 5.81. The molecule has 1 aliphatic rings. The van der Waals surface area contributed by atoms with Gasteiger partial charge in [0.2, 0.25) is 0 Å². The Morgan fingerprint density at radius 3 is 2.53 bits per heavy atom. The van der Waals surface area contributed by atoms with Crippen LogP contribution in [-0.2, 0) is 0 Å². The van der Waals surface area contributed by atoms with Crippen LogP contribution < -0.4 is 9.64 Å². The van der Waals surface area contributed by atoms with Crippen LogP contribution in [0.2, 0.25) is 0 Å². The van der Waals surface area contributed by atoms with Crippen molar-refractivity contribution >= 4 is 17.2 Å². The number of amides is 1. The Morgan fingerprint density at radius 1 is 0.938 bits per heavy atom. The molecule has 0 atom stereocenters. The van der Waals surface area contributed by atoms with Crippen molar-refractivity contribution in [2.75, 3.05) is 38.2 Å². The Morgan fingerprint density at radius 2 is 1.75 bits per heavy atom. The number of ether oxygens (including phenoxy) is 1. The van der Waals surface area contributed by atoms with Crippen LogP contribution in [0.1, 0.15) is 10.5 Å². The molecule has 1 fully saturated rings. The van der Waals surface area contributed by atoms with Gasteiger partial charge in [-0.3, -0.25) is 4.79 Å². The van der Waals surface area contributed by atoms with Crippen LogP contribution in [0.15, 0.2) is 73.1 Å². The fourth-order valence-corrected chi connectivity index (χ4v) is 4.07. The van der Waals surface area contributed by atoms with Crippen LogP contribution in [0.4, 0.5) is 10.1 Å². The fourth-order valence-electron chi connectivity index (χ4n) is 4.07. The number of imidazole rings is 1. The molecular weight excluding hydrogens is 407 g/mol. The highest BCUT2D eigenvalue weighted by atomic mass is 19.1. The molecule has 32 heavy (non-hydrogen) atoms. The van der Waals surface area contributed by atoms with Gasteiger partial charge in [-0.2, -0.15) is 0 Å². The van der Waals surface area contributed by atoms with Crippen molar-refractivity contribution in [1.29, 1.82) is 0 Å². The number of carbonyl (C=O) groups excluding carboxylic acids is 1. The molecule has 1 saturated heterocycles. The molecule has 2 aromatic heterocycles. The SMILES string of the molecule is COc1cccc(N2CCN(C(=O)c3cn4cc(-c5cccc(F)c5)ccc4n3)CC2)c1. The largest absolute Gasteiger partial charge is 0.497 e. The van der Waals surface area contributed by atoms with E-state index in [0.717, 1.165) is 35.7 Å². The molecule has 1 amide bonds. The normalized spacial score (nSPS) is 14.1. The number of anilines is 1. The molecular formula is C25H23FN4O2. The zero-order valence-electron chi connectivity index (χ0n) is 17.7. The molecule has 4 aromatic rings. The standard InChI is InChI=1S/C25H23FN4O2/c1-32-22-7-3-6-21(15-22)28-10-12-29(13-11-28)25(31)23-17-30-16-19(8-9-24(30)27-23)18-4-2-5-20(26)14-18/h2-9,14-17H,10-13H2,1H3. The molecule has 0 bridgehead atoms. The lowest BCUT2D eigenvalue weighted by Gasteiger charge is -2.35. The zero-order valence-corrected chi connectivity index (χ0v) is 17.7. The van der Waals surface area contributed by atoms with E-state index in [1.54, 1.807) is 19.4 Å². The number of pyridine rings is 1. The Labute approximate surface area is 185 Å². The second kappa shape index (κ2) is 8.34. The topological polar surface area (TPSA) is 50.1 Å². The maximum Gasteiger partial charge on any atom is 0.274 e. The van der Waals surface area contributed by atoms with Crippen molar-refractivity contribution in [1.82, 2.24) is 14.3 Å². The number of piperazine rings is 1. The minimum Gasteiger partial charge on any atom is -0.497 e. The van der Waals surface area contributed by atoms with E-state index in [4.69, 9.17) is 4.74 Å². The quantitative estimate of drug-likeness (QED) is 0.489. The number of halogens is 1. The van der Waals surface area contributed by atoms with E-state index in [1.165, 1.54) is 12.1 Å². The summed E-state index contributed by atoms with van der Waals surface area (Å²) in [5, 5.41) is 0. The van der Waals surface area contributed by atoms with Gasteiger partial charge in [-0.25, -0.2) is 9.37 Å². The molecule has 7 heteroatoms. The second-order valence-electron chi connectivity index (χ2n) is 7.80. The van der Waals surface area contributed by atoms with Crippen LogP contribution in [0.25, 0.3) is 16.8 Å². The molecule has 1 aliphatic heterocycles. The lowest BCUT2D eigenvalue weighted by Crippen LogP contribution is -2.48. The van der Waals surface area contributed by atoms with Crippen LogP contribution in [0.5, 0.6) is 5.75 Å². The van der Waals surface area contributed by atoms with E-state index < -0.39 is 0 Å². The summed E-state index contributed by atoms with van der Waals surface area (Å²) in [7, 11) is 1.66. The Balaban J connectivity index is 1.31. The van der Waals surface area contributed by atoms with E-state index in [9.17, 15) is 9.18 Å². The first-order valence-corrected chi connectivity index (χ1v) is 10.5. The van der Waals surface area contributed by atoms with E-state index in [1.807, 2.05) is 51.9 Å². The summed E-state index contributed by atoms with van der Waals surface area (Å²) >= 11 is 0. The zero-order chi connectivity index (χ0) is 22.1. The first kappa shape index (κ1) is 20.1. The summed E-state index contributed by atoms with van der Waals surface area (Å²) in [6.07, 6.45) is 3.61. The van der Waals surface area contributed by atoms with Gasteiger partial charge in [-0.05, 0) is 47.5 Å². The van der Waals surface area contributed by atoms with Gasteiger partial charge in [-0.15, -0.1) is 0 Å². The van der Waals surface area contributed by atoms with Gasteiger partial charge in [0.1, 0.15) is 22.9 Å². The van der Waals surface area contributed by atoms with Crippen LogP contribution >= 0.6 is 0 Å². The highest BCUT2D eigenvalue weighted by molar-refractivity contribution is 5.93. The minimum atomic E-state index is -0.280. The van der Waals surface area contributed by atoms with Crippen molar-refractivity contribution in [3.63, 3.8) is 0 Å². The number of methoxy groups -OCH3 is 1. The second-order valence-corrected chi connectivity index (χ2v) is 7.80. The van der Waals surface area contributed by atoms with Crippen molar-refractivity contribution in [3.05, 3.63) is 84.6 Å². The first-order valence-electron chi connectivity index (χ1n) is 10.5. The van der Waals surface area contributed by atoms with E-state index in [2.05, 4.69) is 16.0 Å². The summed E-state index contributed by atoms with van der Waals surface area (Å²) < 4.78 is 20.7. The lowest BCUT2D eigenvalue weighted by atomic mass is 10.1. The van der Waals surface area contributed by atoms with Crippen LogP contribution in [-0.4, -0.2) is 53.5 Å². The molecule has 0 unspecified atom stereocenters. The van der Waals surface area contributed by atoms with Crippen molar-refractivity contribution in [3.8, 4) is 16.9 Å². The summed E-state index contributed by atoms with van der Waals surface area (Å²) in [5.41, 5.74) is 3.83. The average molecular weight is 430 g/mol. The molecule has 162 valence electrons. The van der Waals surface area contributed by atoms with Gasteiger partial charge in [0, 0.05) is 50.3 Å².